The van der Waals surface area contributed by atoms with Crippen molar-refractivity contribution in [1.82, 2.24) is 5.32 Å². The average molecular weight is 383 g/mol. The fraction of sp³-hybridized carbons (Fsp3) is 0.467. The number of rotatable bonds is 7. The van der Waals surface area contributed by atoms with Crippen LogP contribution in [0.2, 0.25) is 15.1 Å². The van der Waals surface area contributed by atoms with Gasteiger partial charge in [0.25, 0.3) is 5.91 Å². The number of benzene rings is 1. The SMILES string of the molecule is CC[C@H](C)[C@@H](NC(=O)[C@@H](C)Oc1cc(Cl)c(Cl)cc1Cl)C(=O)O. The molecule has 128 valence electrons. The maximum atomic E-state index is 12.1. The lowest BCUT2D eigenvalue weighted by molar-refractivity contribution is -0.144. The molecule has 3 atom stereocenters. The van der Waals surface area contributed by atoms with Crippen LogP contribution in [0.1, 0.15) is 27.2 Å². The molecule has 0 saturated carbocycles. The van der Waals surface area contributed by atoms with Crippen molar-refractivity contribution in [3.05, 3.63) is 27.2 Å². The minimum absolute atomic E-state index is 0.194. The number of hydrogen-bond acceptors (Lipinski definition) is 3. The molecule has 0 aliphatic carbocycles. The van der Waals surface area contributed by atoms with E-state index < -0.39 is 24.0 Å². The third-order valence-corrected chi connectivity index (χ3v) is 4.44. The molecule has 1 amide bonds. The van der Waals surface area contributed by atoms with Crippen molar-refractivity contribution in [2.24, 2.45) is 5.92 Å². The first-order valence-corrected chi connectivity index (χ1v) is 8.15. The summed E-state index contributed by atoms with van der Waals surface area (Å²) in [5.74, 6) is -1.66. The Labute approximate surface area is 149 Å². The molecule has 0 unspecified atom stereocenters. The van der Waals surface area contributed by atoms with Gasteiger partial charge in [0.1, 0.15) is 11.8 Å². The summed E-state index contributed by atoms with van der Waals surface area (Å²) in [5.41, 5.74) is 0. The van der Waals surface area contributed by atoms with Crippen molar-refractivity contribution in [2.75, 3.05) is 0 Å². The minimum atomic E-state index is -1.09. The quantitative estimate of drug-likeness (QED) is 0.698. The van der Waals surface area contributed by atoms with Gasteiger partial charge in [-0.3, -0.25) is 4.79 Å². The summed E-state index contributed by atoms with van der Waals surface area (Å²) in [6.45, 7) is 5.09. The molecule has 1 rings (SSSR count). The molecule has 5 nitrogen and oxygen atoms in total. The molecule has 1 aromatic carbocycles. The Morgan fingerprint density at radius 1 is 1.17 bits per heavy atom. The van der Waals surface area contributed by atoms with E-state index in [1.807, 2.05) is 6.92 Å². The Bertz CT molecular complexity index is 594. The summed E-state index contributed by atoms with van der Waals surface area (Å²) < 4.78 is 5.46. The van der Waals surface area contributed by atoms with Crippen molar-refractivity contribution in [1.29, 1.82) is 0 Å². The number of carboxylic acid groups (broad SMARTS) is 1. The maximum absolute atomic E-state index is 12.1. The molecule has 0 fully saturated rings. The number of halogens is 3. The molecule has 0 radical (unpaired) electrons. The standard InChI is InChI=1S/C15H18Cl3NO4/c1-4-7(2)13(15(21)22)19-14(20)8(3)23-12-6-10(17)9(16)5-11(12)18/h5-8,13H,4H2,1-3H3,(H,19,20)(H,21,22)/t7-,8+,13+/m0/s1. The Balaban J connectivity index is 2.81. The highest BCUT2D eigenvalue weighted by atomic mass is 35.5. The summed E-state index contributed by atoms with van der Waals surface area (Å²) in [7, 11) is 0. The zero-order valence-corrected chi connectivity index (χ0v) is 15.2. The van der Waals surface area contributed by atoms with Crippen LogP contribution >= 0.6 is 34.8 Å². The Hall–Kier alpha value is -1.17. The van der Waals surface area contributed by atoms with Crippen LogP contribution in [0.4, 0.5) is 0 Å². The van der Waals surface area contributed by atoms with Crippen LogP contribution in [0.25, 0.3) is 0 Å². The van der Waals surface area contributed by atoms with Gasteiger partial charge < -0.3 is 15.2 Å². The first kappa shape index (κ1) is 19.9. The highest BCUT2D eigenvalue weighted by Gasteiger charge is 2.28. The lowest BCUT2D eigenvalue weighted by Gasteiger charge is -2.23. The van der Waals surface area contributed by atoms with Gasteiger partial charge in [0.2, 0.25) is 0 Å². The third-order valence-electron chi connectivity index (χ3n) is 3.42. The Morgan fingerprint density at radius 3 is 2.26 bits per heavy atom. The summed E-state index contributed by atoms with van der Waals surface area (Å²) in [5, 5.41) is 12.4. The predicted molar refractivity (Wildman–Crippen MR) is 90.6 cm³/mol. The van der Waals surface area contributed by atoms with Crippen LogP contribution in [-0.2, 0) is 9.59 Å². The van der Waals surface area contributed by atoms with E-state index >= 15 is 0 Å². The van der Waals surface area contributed by atoms with E-state index in [2.05, 4.69) is 5.32 Å². The first-order valence-electron chi connectivity index (χ1n) is 7.01. The Morgan fingerprint density at radius 2 is 1.74 bits per heavy atom. The van der Waals surface area contributed by atoms with Crippen LogP contribution in [0, 0.1) is 5.92 Å². The van der Waals surface area contributed by atoms with Gasteiger partial charge in [-0.2, -0.15) is 0 Å². The molecule has 0 spiro atoms. The second-order valence-electron chi connectivity index (χ2n) is 5.17. The summed E-state index contributed by atoms with van der Waals surface area (Å²) >= 11 is 17.7. The number of carbonyl (C=O) groups is 2. The van der Waals surface area contributed by atoms with Crippen LogP contribution in [0.15, 0.2) is 12.1 Å². The molecular weight excluding hydrogens is 365 g/mol. The first-order chi connectivity index (χ1) is 10.7. The average Bonchev–Trinajstić information content (AvgIpc) is 2.48. The van der Waals surface area contributed by atoms with Gasteiger partial charge in [0.15, 0.2) is 6.10 Å². The van der Waals surface area contributed by atoms with E-state index in [1.54, 1.807) is 6.92 Å². The molecule has 0 aliphatic rings. The van der Waals surface area contributed by atoms with Crippen LogP contribution < -0.4 is 10.1 Å². The van der Waals surface area contributed by atoms with E-state index in [0.717, 1.165) is 0 Å². The van der Waals surface area contributed by atoms with Gasteiger partial charge in [-0.25, -0.2) is 4.79 Å². The van der Waals surface area contributed by atoms with E-state index in [9.17, 15) is 14.7 Å². The highest BCUT2D eigenvalue weighted by molar-refractivity contribution is 6.43. The number of carbonyl (C=O) groups excluding carboxylic acids is 1. The highest BCUT2D eigenvalue weighted by Crippen LogP contribution is 2.34. The van der Waals surface area contributed by atoms with E-state index in [1.165, 1.54) is 19.1 Å². The predicted octanol–water partition coefficient (Wildman–Crippen LogP) is 4.03. The molecule has 23 heavy (non-hydrogen) atoms. The second kappa shape index (κ2) is 8.62. The molecule has 0 bridgehead atoms. The monoisotopic (exact) mass is 381 g/mol. The number of aliphatic carboxylic acids is 1. The van der Waals surface area contributed by atoms with Crippen molar-refractivity contribution >= 4 is 46.7 Å². The minimum Gasteiger partial charge on any atom is -0.480 e. The lowest BCUT2D eigenvalue weighted by atomic mass is 9.99. The normalized spacial score (nSPS) is 14.7. The molecule has 0 saturated heterocycles. The third kappa shape index (κ3) is 5.44. The van der Waals surface area contributed by atoms with E-state index in [4.69, 9.17) is 39.5 Å². The maximum Gasteiger partial charge on any atom is 0.326 e. The number of amides is 1. The smallest absolute Gasteiger partial charge is 0.326 e. The molecule has 0 heterocycles. The van der Waals surface area contributed by atoms with Gasteiger partial charge in [-0.15, -0.1) is 0 Å². The van der Waals surface area contributed by atoms with Crippen LogP contribution in [0.5, 0.6) is 5.75 Å². The van der Waals surface area contributed by atoms with Crippen molar-refractivity contribution < 1.29 is 19.4 Å². The summed E-state index contributed by atoms with van der Waals surface area (Å²) in [6.07, 6.45) is -0.332. The van der Waals surface area contributed by atoms with Gasteiger partial charge in [0, 0.05) is 6.07 Å². The largest absolute Gasteiger partial charge is 0.480 e. The number of carboxylic acids is 1. The van der Waals surface area contributed by atoms with Gasteiger partial charge >= 0.3 is 5.97 Å². The zero-order chi connectivity index (χ0) is 17.7. The fourth-order valence-electron chi connectivity index (χ4n) is 1.79. The summed E-state index contributed by atoms with van der Waals surface area (Å²) in [6, 6.07) is 1.83. The fourth-order valence-corrected chi connectivity index (χ4v) is 2.37. The van der Waals surface area contributed by atoms with E-state index in [0.29, 0.717) is 6.42 Å². The van der Waals surface area contributed by atoms with Crippen molar-refractivity contribution in [3.8, 4) is 5.75 Å². The number of ether oxygens (including phenoxy) is 1. The molecular formula is C15H18Cl3NO4. The summed E-state index contributed by atoms with van der Waals surface area (Å²) in [4.78, 5) is 23.4. The zero-order valence-electron chi connectivity index (χ0n) is 12.9. The van der Waals surface area contributed by atoms with Crippen molar-refractivity contribution in [2.45, 2.75) is 39.3 Å². The number of nitrogens with one attached hydrogen (secondary N) is 1. The molecule has 2 N–H and O–H groups in total. The topological polar surface area (TPSA) is 75.6 Å². The van der Waals surface area contributed by atoms with Gasteiger partial charge in [-0.1, -0.05) is 55.1 Å². The van der Waals surface area contributed by atoms with Crippen LogP contribution in [0.3, 0.4) is 0 Å². The van der Waals surface area contributed by atoms with E-state index in [-0.39, 0.29) is 26.7 Å². The lowest BCUT2D eigenvalue weighted by Crippen LogP contribution is -2.49. The van der Waals surface area contributed by atoms with Gasteiger partial charge in [-0.05, 0) is 18.9 Å². The molecule has 1 aromatic rings. The number of hydrogen-bond donors (Lipinski definition) is 2. The second-order valence-corrected chi connectivity index (χ2v) is 6.39. The van der Waals surface area contributed by atoms with Crippen LogP contribution in [-0.4, -0.2) is 29.1 Å². The molecule has 0 aromatic heterocycles. The van der Waals surface area contributed by atoms with Gasteiger partial charge in [0.05, 0.1) is 15.1 Å². The Kier molecular flexibility index (Phi) is 7.45. The molecule has 0 aliphatic heterocycles. The van der Waals surface area contributed by atoms with Crippen molar-refractivity contribution in [3.63, 3.8) is 0 Å². The molecule has 8 heteroatoms.